The Morgan fingerprint density at radius 2 is 1.76 bits per heavy atom. The number of phenolic OH excluding ortho intramolecular Hbond substituents is 1. The molecule has 0 atom stereocenters. The lowest BCUT2D eigenvalue weighted by molar-refractivity contribution is -0.122. The van der Waals surface area contributed by atoms with Crippen LogP contribution >= 0.6 is 0 Å². The molecule has 0 unspecified atom stereocenters. The first kappa shape index (κ1) is 16.4. The summed E-state index contributed by atoms with van der Waals surface area (Å²) in [5.41, 5.74) is 2.12. The minimum atomic E-state index is -0.793. The van der Waals surface area contributed by atoms with Crippen LogP contribution in [0.5, 0.6) is 5.75 Å². The lowest BCUT2D eigenvalue weighted by Crippen LogP contribution is -2.54. The average molecular weight is 336 g/mol. The summed E-state index contributed by atoms with van der Waals surface area (Å²) < 4.78 is 0. The highest BCUT2D eigenvalue weighted by Gasteiger charge is 2.37. The molecule has 0 aromatic heterocycles. The van der Waals surface area contributed by atoms with Crippen molar-refractivity contribution >= 4 is 29.6 Å². The minimum absolute atomic E-state index is 0.0641. The Balaban J connectivity index is 2.09. The summed E-state index contributed by atoms with van der Waals surface area (Å²) in [6.45, 7) is 3.62. The first-order valence-corrected chi connectivity index (χ1v) is 7.65. The number of nitrogens with one attached hydrogen (secondary N) is 1. The second kappa shape index (κ2) is 6.24. The first-order valence-electron chi connectivity index (χ1n) is 7.65. The molecule has 4 amide bonds. The van der Waals surface area contributed by atoms with Crippen molar-refractivity contribution in [2.45, 2.75) is 13.8 Å². The van der Waals surface area contributed by atoms with E-state index in [0.717, 1.165) is 16.0 Å². The number of imide groups is 2. The van der Waals surface area contributed by atoms with Crippen molar-refractivity contribution in [1.82, 2.24) is 5.32 Å². The molecule has 0 bridgehead atoms. The zero-order valence-corrected chi connectivity index (χ0v) is 13.7. The summed E-state index contributed by atoms with van der Waals surface area (Å²) in [6.07, 6.45) is 1.28. The summed E-state index contributed by atoms with van der Waals surface area (Å²) in [5.74, 6) is -1.59. The molecule has 2 aromatic rings. The first-order chi connectivity index (χ1) is 11.9. The number of aryl methyl sites for hydroxylation is 2. The molecule has 25 heavy (non-hydrogen) atoms. The van der Waals surface area contributed by atoms with E-state index < -0.39 is 17.8 Å². The zero-order valence-electron chi connectivity index (χ0n) is 13.7. The predicted octanol–water partition coefficient (Wildman–Crippen LogP) is 2.68. The predicted molar refractivity (Wildman–Crippen MR) is 93.0 cm³/mol. The number of nitrogens with zero attached hydrogens (tertiary/aromatic N) is 1. The van der Waals surface area contributed by atoms with Gasteiger partial charge in [0.05, 0.1) is 5.69 Å². The second-order valence-corrected chi connectivity index (χ2v) is 5.81. The van der Waals surface area contributed by atoms with E-state index in [0.29, 0.717) is 11.3 Å². The Kier molecular flexibility index (Phi) is 4.10. The Morgan fingerprint density at radius 1 is 1.04 bits per heavy atom. The van der Waals surface area contributed by atoms with Crippen LogP contribution in [0.25, 0.3) is 6.08 Å². The van der Waals surface area contributed by atoms with Crippen LogP contribution in [0.3, 0.4) is 0 Å². The Labute approximate surface area is 144 Å². The van der Waals surface area contributed by atoms with Gasteiger partial charge in [-0.05, 0) is 43.2 Å². The van der Waals surface area contributed by atoms with Gasteiger partial charge in [-0.3, -0.25) is 14.9 Å². The van der Waals surface area contributed by atoms with Gasteiger partial charge in [-0.25, -0.2) is 9.69 Å². The molecule has 126 valence electrons. The fourth-order valence-electron chi connectivity index (χ4n) is 2.60. The van der Waals surface area contributed by atoms with Gasteiger partial charge in [0.1, 0.15) is 11.3 Å². The Hall–Kier alpha value is -3.41. The highest BCUT2D eigenvalue weighted by atomic mass is 16.3. The van der Waals surface area contributed by atoms with Gasteiger partial charge in [-0.15, -0.1) is 0 Å². The number of anilines is 1. The standard InChI is InChI=1S/C19H16N2O4/c1-11-7-8-12(2)15(9-11)21-18(24)14(17(23)20-19(21)25)10-13-5-3-4-6-16(13)22/h3-10,22H,1-2H3,(H,20,23,25)/b14-10+. The van der Waals surface area contributed by atoms with Crippen LogP contribution < -0.4 is 10.2 Å². The molecule has 2 N–H and O–H groups in total. The van der Waals surface area contributed by atoms with Crippen LogP contribution in [0.15, 0.2) is 48.0 Å². The number of barbiturate groups is 1. The molecule has 1 saturated heterocycles. The number of phenols is 1. The van der Waals surface area contributed by atoms with Crippen molar-refractivity contribution in [1.29, 1.82) is 0 Å². The summed E-state index contributed by atoms with van der Waals surface area (Å²) in [5, 5.41) is 12.0. The highest BCUT2D eigenvalue weighted by Crippen LogP contribution is 2.27. The van der Waals surface area contributed by atoms with Gasteiger partial charge >= 0.3 is 6.03 Å². The Morgan fingerprint density at radius 3 is 2.48 bits per heavy atom. The zero-order chi connectivity index (χ0) is 18.1. The number of aromatic hydroxyl groups is 1. The Bertz CT molecular complexity index is 931. The van der Waals surface area contributed by atoms with Crippen LogP contribution in [0.1, 0.15) is 16.7 Å². The molecular formula is C19H16N2O4. The molecular weight excluding hydrogens is 320 g/mol. The maximum absolute atomic E-state index is 12.8. The van der Waals surface area contributed by atoms with Crippen molar-refractivity contribution in [3.05, 3.63) is 64.7 Å². The van der Waals surface area contributed by atoms with Gasteiger partial charge in [-0.1, -0.05) is 30.3 Å². The molecule has 3 rings (SSSR count). The quantitative estimate of drug-likeness (QED) is 0.652. The molecule has 6 heteroatoms. The fourth-order valence-corrected chi connectivity index (χ4v) is 2.60. The number of carbonyl (C=O) groups is 3. The van der Waals surface area contributed by atoms with Crippen molar-refractivity contribution in [3.63, 3.8) is 0 Å². The van der Waals surface area contributed by atoms with Crippen molar-refractivity contribution in [2.24, 2.45) is 0 Å². The molecule has 2 aromatic carbocycles. The number of rotatable bonds is 2. The van der Waals surface area contributed by atoms with Crippen LogP contribution in [0.4, 0.5) is 10.5 Å². The molecule has 0 aliphatic carbocycles. The largest absolute Gasteiger partial charge is 0.507 e. The van der Waals surface area contributed by atoms with Crippen molar-refractivity contribution in [2.75, 3.05) is 4.90 Å². The third-order valence-electron chi connectivity index (χ3n) is 3.94. The number of hydrogen-bond acceptors (Lipinski definition) is 4. The number of urea groups is 1. The third-order valence-corrected chi connectivity index (χ3v) is 3.94. The van der Waals surface area contributed by atoms with E-state index in [1.54, 1.807) is 37.3 Å². The number of para-hydroxylation sites is 1. The number of benzene rings is 2. The van der Waals surface area contributed by atoms with Gasteiger partial charge in [-0.2, -0.15) is 0 Å². The lowest BCUT2D eigenvalue weighted by atomic mass is 10.0. The maximum atomic E-state index is 12.8. The van der Waals surface area contributed by atoms with Gasteiger partial charge in [0.2, 0.25) is 0 Å². The van der Waals surface area contributed by atoms with Crippen molar-refractivity contribution in [3.8, 4) is 5.75 Å². The molecule has 1 heterocycles. The summed E-state index contributed by atoms with van der Waals surface area (Å²) in [6, 6.07) is 10.9. The maximum Gasteiger partial charge on any atom is 0.335 e. The SMILES string of the molecule is Cc1ccc(C)c(N2C(=O)NC(=O)/C(=C\c3ccccc3O)C2=O)c1. The number of carbonyl (C=O) groups excluding carboxylic acids is 3. The van der Waals surface area contributed by atoms with Gasteiger partial charge in [0, 0.05) is 5.56 Å². The van der Waals surface area contributed by atoms with E-state index in [1.807, 2.05) is 13.0 Å². The monoisotopic (exact) mass is 336 g/mol. The van der Waals surface area contributed by atoms with Crippen LogP contribution in [0, 0.1) is 13.8 Å². The fraction of sp³-hybridized carbons (Fsp3) is 0.105. The van der Waals surface area contributed by atoms with E-state index in [9.17, 15) is 19.5 Å². The smallest absolute Gasteiger partial charge is 0.335 e. The number of hydrogen-bond donors (Lipinski definition) is 2. The molecule has 1 fully saturated rings. The lowest BCUT2D eigenvalue weighted by Gasteiger charge is -2.27. The van der Waals surface area contributed by atoms with Crippen molar-refractivity contribution < 1.29 is 19.5 Å². The van der Waals surface area contributed by atoms with Crippen LogP contribution in [0.2, 0.25) is 0 Å². The van der Waals surface area contributed by atoms with E-state index in [-0.39, 0.29) is 11.3 Å². The molecule has 0 spiro atoms. The van der Waals surface area contributed by atoms with E-state index in [4.69, 9.17) is 0 Å². The second-order valence-electron chi connectivity index (χ2n) is 5.81. The summed E-state index contributed by atoms with van der Waals surface area (Å²) in [4.78, 5) is 38.1. The van der Waals surface area contributed by atoms with Crippen LogP contribution in [-0.2, 0) is 9.59 Å². The van der Waals surface area contributed by atoms with Gasteiger partial charge in [0.25, 0.3) is 11.8 Å². The van der Waals surface area contributed by atoms with Gasteiger partial charge < -0.3 is 5.11 Å². The molecule has 1 aliphatic rings. The molecule has 0 radical (unpaired) electrons. The molecule has 1 aliphatic heterocycles. The van der Waals surface area contributed by atoms with Gasteiger partial charge in [0.15, 0.2) is 0 Å². The topological polar surface area (TPSA) is 86.7 Å². The summed E-state index contributed by atoms with van der Waals surface area (Å²) >= 11 is 0. The normalized spacial score (nSPS) is 16.3. The molecule has 6 nitrogen and oxygen atoms in total. The highest BCUT2D eigenvalue weighted by molar-refractivity contribution is 6.39. The number of amides is 4. The van der Waals surface area contributed by atoms with Crippen LogP contribution in [-0.4, -0.2) is 23.0 Å². The molecule has 0 saturated carbocycles. The minimum Gasteiger partial charge on any atom is -0.507 e. The van der Waals surface area contributed by atoms with E-state index in [1.165, 1.54) is 12.1 Å². The summed E-state index contributed by atoms with van der Waals surface area (Å²) in [7, 11) is 0. The third kappa shape index (κ3) is 3.01. The van der Waals surface area contributed by atoms with E-state index in [2.05, 4.69) is 5.32 Å². The average Bonchev–Trinajstić information content (AvgIpc) is 2.56. The van der Waals surface area contributed by atoms with E-state index >= 15 is 0 Å².